The highest BCUT2D eigenvalue weighted by atomic mass is 35.5. The third-order valence-corrected chi connectivity index (χ3v) is 4.13. The van der Waals surface area contributed by atoms with Crippen LogP contribution in [-0.4, -0.2) is 23.3 Å². The van der Waals surface area contributed by atoms with E-state index in [-0.39, 0.29) is 16.4 Å². The lowest BCUT2D eigenvalue weighted by Crippen LogP contribution is -2.13. The van der Waals surface area contributed by atoms with Gasteiger partial charge < -0.3 is 10.1 Å². The van der Waals surface area contributed by atoms with Gasteiger partial charge >= 0.3 is 0 Å². The van der Waals surface area contributed by atoms with Crippen LogP contribution in [0.3, 0.4) is 0 Å². The van der Waals surface area contributed by atoms with Gasteiger partial charge in [0.05, 0.1) is 17.7 Å². The summed E-state index contributed by atoms with van der Waals surface area (Å²) >= 11 is 11.9. The number of carbonyl (C=O) groups is 1. The molecule has 3 aromatic rings. The number of rotatable bonds is 4. The Labute approximate surface area is 153 Å². The van der Waals surface area contributed by atoms with Gasteiger partial charge in [-0.05, 0) is 59.2 Å². The first-order valence-corrected chi connectivity index (χ1v) is 7.99. The van der Waals surface area contributed by atoms with Gasteiger partial charge in [-0.3, -0.25) is 4.79 Å². The first kappa shape index (κ1) is 17.3. The van der Waals surface area contributed by atoms with Crippen molar-refractivity contribution in [1.82, 2.24) is 10.3 Å². The molecule has 0 saturated carbocycles. The van der Waals surface area contributed by atoms with E-state index in [0.717, 1.165) is 16.9 Å². The molecule has 6 nitrogen and oxygen atoms in total. The van der Waals surface area contributed by atoms with Gasteiger partial charge in [0.2, 0.25) is 5.82 Å². The fourth-order valence-corrected chi connectivity index (χ4v) is 2.82. The normalized spacial score (nSPS) is 10.6. The van der Waals surface area contributed by atoms with E-state index in [2.05, 4.69) is 15.6 Å². The molecule has 0 aliphatic carbocycles. The molecule has 0 atom stereocenters. The Morgan fingerprint density at radius 3 is 2.64 bits per heavy atom. The van der Waals surface area contributed by atoms with E-state index in [0.29, 0.717) is 10.7 Å². The predicted octanol–water partition coefficient (Wildman–Crippen LogP) is 4.61. The van der Waals surface area contributed by atoms with E-state index in [1.165, 1.54) is 12.1 Å². The minimum absolute atomic E-state index is 0.198. The van der Waals surface area contributed by atoms with Crippen LogP contribution >= 0.6 is 23.2 Å². The average molecular weight is 378 g/mol. The van der Waals surface area contributed by atoms with Crippen LogP contribution in [0, 0.1) is 6.92 Å². The van der Waals surface area contributed by atoms with Crippen LogP contribution < -0.4 is 10.1 Å². The number of aryl methyl sites for hydroxylation is 1. The number of anilines is 1. The molecule has 0 aliphatic heterocycles. The molecule has 1 heterocycles. The van der Waals surface area contributed by atoms with Crippen LogP contribution in [0.2, 0.25) is 10.0 Å². The largest absolute Gasteiger partial charge is 0.497 e. The first-order valence-electron chi connectivity index (χ1n) is 7.23. The Kier molecular flexibility index (Phi) is 4.92. The summed E-state index contributed by atoms with van der Waals surface area (Å²) < 4.78 is 9.99. The summed E-state index contributed by atoms with van der Waals surface area (Å²) in [5, 5.41) is 11.0. The van der Waals surface area contributed by atoms with E-state index in [4.69, 9.17) is 32.6 Å². The van der Waals surface area contributed by atoms with Crippen molar-refractivity contribution >= 4 is 34.9 Å². The predicted molar refractivity (Wildman–Crippen MR) is 95.4 cm³/mol. The molecule has 1 aromatic heterocycles. The van der Waals surface area contributed by atoms with Crippen molar-refractivity contribution in [2.75, 3.05) is 12.4 Å². The lowest BCUT2D eigenvalue weighted by molar-refractivity contribution is 0.102. The summed E-state index contributed by atoms with van der Waals surface area (Å²) in [7, 11) is 1.59. The fourth-order valence-electron chi connectivity index (χ4n) is 2.32. The van der Waals surface area contributed by atoms with Crippen molar-refractivity contribution in [1.29, 1.82) is 0 Å². The number of benzene rings is 2. The number of methoxy groups -OCH3 is 1. The molecule has 2 aromatic carbocycles. The molecule has 3 rings (SSSR count). The highest BCUT2D eigenvalue weighted by Crippen LogP contribution is 2.30. The van der Waals surface area contributed by atoms with E-state index in [1.807, 2.05) is 19.1 Å². The highest BCUT2D eigenvalue weighted by Gasteiger charge is 2.19. The second-order valence-corrected chi connectivity index (χ2v) is 6.06. The lowest BCUT2D eigenvalue weighted by Gasteiger charge is -2.08. The number of nitrogens with one attached hydrogen (secondary N) is 1. The maximum Gasteiger partial charge on any atom is 0.258 e. The molecule has 1 N–H and O–H groups in total. The van der Waals surface area contributed by atoms with Crippen LogP contribution in [0.25, 0.3) is 11.3 Å². The van der Waals surface area contributed by atoms with Crippen LogP contribution in [0.4, 0.5) is 5.82 Å². The maximum atomic E-state index is 12.4. The van der Waals surface area contributed by atoms with Crippen molar-refractivity contribution in [3.05, 3.63) is 57.6 Å². The number of hydrogen-bond donors (Lipinski definition) is 1. The van der Waals surface area contributed by atoms with E-state index in [1.54, 1.807) is 19.2 Å². The van der Waals surface area contributed by atoms with Gasteiger partial charge in [-0.2, -0.15) is 0 Å². The molecule has 0 saturated heterocycles. The Balaban J connectivity index is 1.91. The van der Waals surface area contributed by atoms with Gasteiger partial charge in [0.15, 0.2) is 5.69 Å². The van der Waals surface area contributed by atoms with Gasteiger partial charge in [-0.15, -0.1) is 0 Å². The standard InChI is InChI=1S/C17H13Cl2N3O3/c1-9-7-11(24-2)4-6-12(9)15-16(22-25-21-15)20-17(23)13-5-3-10(18)8-14(13)19/h3-8H,1-2H3,(H,20,22,23). The number of nitrogens with zero attached hydrogens (tertiary/aromatic N) is 2. The van der Waals surface area contributed by atoms with Crippen molar-refractivity contribution in [2.24, 2.45) is 0 Å². The second-order valence-electron chi connectivity index (χ2n) is 5.22. The molecule has 0 bridgehead atoms. The van der Waals surface area contributed by atoms with Gasteiger partial charge in [0.1, 0.15) is 5.75 Å². The molecule has 0 spiro atoms. The third-order valence-electron chi connectivity index (χ3n) is 3.58. The summed E-state index contributed by atoms with van der Waals surface area (Å²) in [6.45, 7) is 1.90. The molecule has 0 radical (unpaired) electrons. The molecule has 128 valence electrons. The van der Waals surface area contributed by atoms with Crippen molar-refractivity contribution in [3.8, 4) is 17.0 Å². The minimum Gasteiger partial charge on any atom is -0.497 e. The molecular weight excluding hydrogens is 365 g/mol. The van der Waals surface area contributed by atoms with Crippen LogP contribution in [0.15, 0.2) is 41.0 Å². The summed E-state index contributed by atoms with van der Waals surface area (Å²) in [5.41, 5.74) is 2.35. The molecule has 8 heteroatoms. The van der Waals surface area contributed by atoms with Crippen molar-refractivity contribution < 1.29 is 14.2 Å². The van der Waals surface area contributed by atoms with Gasteiger partial charge in [-0.1, -0.05) is 23.2 Å². The maximum absolute atomic E-state index is 12.4. The molecule has 1 amide bonds. The molecular formula is C17H13Cl2N3O3. The summed E-state index contributed by atoms with van der Waals surface area (Å²) in [4.78, 5) is 12.4. The van der Waals surface area contributed by atoms with Crippen LogP contribution in [0.1, 0.15) is 15.9 Å². The number of amides is 1. The quantitative estimate of drug-likeness (QED) is 0.717. The Morgan fingerprint density at radius 1 is 1.16 bits per heavy atom. The van der Waals surface area contributed by atoms with E-state index < -0.39 is 5.91 Å². The Bertz CT molecular complexity index is 941. The van der Waals surface area contributed by atoms with Crippen molar-refractivity contribution in [2.45, 2.75) is 6.92 Å². The lowest BCUT2D eigenvalue weighted by atomic mass is 10.1. The number of halogens is 2. The monoisotopic (exact) mass is 377 g/mol. The number of ether oxygens (including phenoxy) is 1. The smallest absolute Gasteiger partial charge is 0.258 e. The van der Waals surface area contributed by atoms with Gasteiger partial charge in [0, 0.05) is 10.6 Å². The van der Waals surface area contributed by atoms with Crippen LogP contribution in [-0.2, 0) is 0 Å². The second kappa shape index (κ2) is 7.13. The third kappa shape index (κ3) is 3.60. The van der Waals surface area contributed by atoms with Gasteiger partial charge in [-0.25, -0.2) is 4.63 Å². The number of hydrogen-bond acceptors (Lipinski definition) is 5. The Morgan fingerprint density at radius 2 is 1.96 bits per heavy atom. The van der Waals surface area contributed by atoms with E-state index in [9.17, 15) is 4.79 Å². The summed E-state index contributed by atoms with van der Waals surface area (Å²) in [5.74, 6) is 0.477. The summed E-state index contributed by atoms with van der Waals surface area (Å²) in [6.07, 6.45) is 0. The molecule has 0 aliphatic rings. The zero-order chi connectivity index (χ0) is 18.0. The molecule has 0 unspecified atom stereocenters. The SMILES string of the molecule is COc1ccc(-c2nonc2NC(=O)c2ccc(Cl)cc2Cl)c(C)c1. The van der Waals surface area contributed by atoms with Gasteiger partial charge in [0.25, 0.3) is 5.91 Å². The molecule has 25 heavy (non-hydrogen) atoms. The fraction of sp³-hybridized carbons (Fsp3) is 0.118. The number of aromatic nitrogens is 2. The highest BCUT2D eigenvalue weighted by molar-refractivity contribution is 6.37. The topological polar surface area (TPSA) is 77.2 Å². The van der Waals surface area contributed by atoms with Crippen LogP contribution in [0.5, 0.6) is 5.75 Å². The zero-order valence-corrected chi connectivity index (χ0v) is 14.9. The molecule has 0 fully saturated rings. The minimum atomic E-state index is -0.440. The van der Waals surface area contributed by atoms with E-state index >= 15 is 0 Å². The van der Waals surface area contributed by atoms with Crippen molar-refractivity contribution in [3.63, 3.8) is 0 Å². The zero-order valence-electron chi connectivity index (χ0n) is 13.3. The average Bonchev–Trinajstić information content (AvgIpc) is 3.02. The summed E-state index contributed by atoms with van der Waals surface area (Å²) in [6, 6.07) is 10.1. The number of carbonyl (C=O) groups excluding carboxylic acids is 1. The Hall–Kier alpha value is -2.57. The first-order chi connectivity index (χ1) is 12.0.